The third-order valence-electron chi connectivity index (χ3n) is 6.36. The van der Waals surface area contributed by atoms with E-state index in [4.69, 9.17) is 0 Å². The van der Waals surface area contributed by atoms with Crippen molar-refractivity contribution in [2.75, 3.05) is 4.90 Å². The van der Waals surface area contributed by atoms with Gasteiger partial charge in [-0.1, -0.05) is 30.4 Å². The topological polar surface area (TPSA) is 77.8 Å². The molecule has 32 heavy (non-hydrogen) atoms. The van der Waals surface area contributed by atoms with Gasteiger partial charge in [-0.2, -0.15) is 0 Å². The normalized spacial score (nSPS) is 26.0. The number of carboxylic acid groups (broad SMARTS) is 1. The average Bonchev–Trinajstić information content (AvgIpc) is 3.12. The zero-order valence-electron chi connectivity index (χ0n) is 19.8. The highest BCUT2D eigenvalue weighted by Crippen LogP contribution is 2.39. The minimum Gasteiger partial charge on any atom is -0.477 e. The van der Waals surface area contributed by atoms with Crippen molar-refractivity contribution in [3.05, 3.63) is 27.5 Å². The molecule has 2 N–H and O–H groups in total. The van der Waals surface area contributed by atoms with Crippen LogP contribution >= 0.6 is 11.3 Å². The monoisotopic (exact) mass is 457 g/mol. The Hall–Kier alpha value is -2.10. The van der Waals surface area contributed by atoms with Crippen molar-refractivity contribution < 1.29 is 19.8 Å². The summed E-state index contributed by atoms with van der Waals surface area (Å²) in [5, 5.41) is 20.0. The van der Waals surface area contributed by atoms with Crippen molar-refractivity contribution in [2.24, 2.45) is 17.3 Å². The molecule has 0 bridgehead atoms. The molecule has 1 saturated carbocycles. The summed E-state index contributed by atoms with van der Waals surface area (Å²) in [6.45, 7) is 10.2. The van der Waals surface area contributed by atoms with Crippen LogP contribution < -0.4 is 4.90 Å². The van der Waals surface area contributed by atoms with Gasteiger partial charge in [0.05, 0.1) is 16.7 Å². The van der Waals surface area contributed by atoms with Crippen LogP contribution in [0, 0.1) is 29.1 Å². The molecule has 0 aromatic carbocycles. The van der Waals surface area contributed by atoms with E-state index in [0.29, 0.717) is 42.7 Å². The maximum absolute atomic E-state index is 13.9. The van der Waals surface area contributed by atoms with Gasteiger partial charge in [-0.15, -0.1) is 11.3 Å². The molecule has 1 aromatic heterocycles. The van der Waals surface area contributed by atoms with E-state index in [1.165, 1.54) is 5.57 Å². The average molecular weight is 458 g/mol. The summed E-state index contributed by atoms with van der Waals surface area (Å²) in [5.41, 5.74) is 1.56. The van der Waals surface area contributed by atoms with Crippen molar-refractivity contribution in [3.63, 3.8) is 0 Å². The zero-order valence-corrected chi connectivity index (χ0v) is 20.6. The zero-order chi connectivity index (χ0) is 23.6. The molecule has 3 rings (SSSR count). The van der Waals surface area contributed by atoms with E-state index in [0.717, 1.165) is 17.8 Å². The second-order valence-electron chi connectivity index (χ2n) is 10.4. The Morgan fingerprint density at radius 1 is 1.19 bits per heavy atom. The van der Waals surface area contributed by atoms with Gasteiger partial charge >= 0.3 is 5.97 Å². The van der Waals surface area contributed by atoms with E-state index in [1.807, 2.05) is 20.8 Å². The van der Waals surface area contributed by atoms with E-state index < -0.39 is 5.97 Å². The summed E-state index contributed by atoms with van der Waals surface area (Å²) in [7, 11) is 0. The summed E-state index contributed by atoms with van der Waals surface area (Å²) in [5.74, 6) is 5.29. The van der Waals surface area contributed by atoms with Crippen molar-refractivity contribution >= 4 is 28.9 Å². The first-order chi connectivity index (χ1) is 15.0. The Bertz CT molecular complexity index is 951. The number of carbonyl (C=O) groups excluding carboxylic acids is 1. The molecule has 1 fully saturated rings. The first-order valence-electron chi connectivity index (χ1n) is 11.5. The van der Waals surface area contributed by atoms with E-state index >= 15 is 0 Å². The largest absolute Gasteiger partial charge is 0.477 e. The van der Waals surface area contributed by atoms with Crippen molar-refractivity contribution in [1.29, 1.82) is 0 Å². The second kappa shape index (κ2) is 9.80. The number of aliphatic hydroxyl groups is 1. The smallest absolute Gasteiger partial charge is 0.348 e. The molecule has 1 heterocycles. The molecule has 2 aliphatic carbocycles. The van der Waals surface area contributed by atoms with E-state index in [9.17, 15) is 19.8 Å². The number of allylic oxidation sites excluding steroid dienone is 2. The molecule has 1 aromatic rings. The summed E-state index contributed by atoms with van der Waals surface area (Å²) < 4.78 is 0. The quantitative estimate of drug-likeness (QED) is 0.464. The Morgan fingerprint density at radius 2 is 1.84 bits per heavy atom. The number of carbonyl (C=O) groups is 2. The van der Waals surface area contributed by atoms with Gasteiger partial charge in [-0.25, -0.2) is 4.79 Å². The number of thiophene rings is 1. The second-order valence-corrected chi connectivity index (χ2v) is 11.4. The van der Waals surface area contributed by atoms with E-state index in [1.54, 1.807) is 11.0 Å². The predicted octanol–water partition coefficient (Wildman–Crippen LogP) is 5.47. The van der Waals surface area contributed by atoms with Crippen molar-refractivity contribution in [3.8, 4) is 11.8 Å². The van der Waals surface area contributed by atoms with Crippen LogP contribution in [0.3, 0.4) is 0 Å². The van der Waals surface area contributed by atoms with Gasteiger partial charge < -0.3 is 15.1 Å². The molecule has 2 atom stereocenters. The summed E-state index contributed by atoms with van der Waals surface area (Å²) >= 11 is 1.14. The Balaban J connectivity index is 2.04. The fourth-order valence-corrected chi connectivity index (χ4v) is 5.49. The standard InChI is InChI=1S/C26H35NO4S/c1-16-6-11-21(17(2)14-16)24(29)27(18-7-9-19(28)10-8-18)22-15-20(12-13-26(3,4)5)32-23(22)25(30)31/h6,15,17-19,21,28H,7-11,14H2,1-5H3,(H,30,31)/t17-,18-,19-,21-/m1/s1. The first kappa shape index (κ1) is 24.5. The van der Waals surface area contributed by atoms with Gasteiger partial charge in [-0.05, 0) is 78.2 Å². The number of rotatable bonds is 4. The SMILES string of the molecule is CC1=CC[C@@H](C(=O)N(c2cc(C#CC(C)(C)C)sc2C(=O)O)[C@H]2CC[C@H](O)CC2)[C@H](C)C1. The summed E-state index contributed by atoms with van der Waals surface area (Å²) in [6.07, 6.45) is 5.93. The van der Waals surface area contributed by atoms with Gasteiger partial charge in [0.15, 0.2) is 0 Å². The Labute approximate surface area is 195 Å². The van der Waals surface area contributed by atoms with Crippen LogP contribution in [0.25, 0.3) is 0 Å². The molecule has 0 radical (unpaired) electrons. The number of aliphatic hydroxyl groups excluding tert-OH is 1. The van der Waals surface area contributed by atoms with Crippen LogP contribution in [0.4, 0.5) is 5.69 Å². The molecule has 0 aliphatic heterocycles. The maximum Gasteiger partial charge on any atom is 0.348 e. The van der Waals surface area contributed by atoms with Gasteiger partial charge in [0.1, 0.15) is 4.88 Å². The maximum atomic E-state index is 13.9. The third kappa shape index (κ3) is 5.82. The summed E-state index contributed by atoms with van der Waals surface area (Å²) in [6, 6.07) is 1.67. The van der Waals surface area contributed by atoms with Crippen LogP contribution in [-0.4, -0.2) is 34.2 Å². The molecule has 0 spiro atoms. The van der Waals surface area contributed by atoms with Gasteiger partial charge in [0.2, 0.25) is 5.91 Å². The van der Waals surface area contributed by atoms with Crippen LogP contribution in [0.15, 0.2) is 17.7 Å². The molecular weight excluding hydrogens is 422 g/mol. The molecule has 0 unspecified atom stereocenters. The summed E-state index contributed by atoms with van der Waals surface area (Å²) in [4.78, 5) is 28.6. The number of amides is 1. The van der Waals surface area contributed by atoms with E-state index in [-0.39, 0.29) is 40.2 Å². The lowest BCUT2D eigenvalue weighted by atomic mass is 9.79. The fourth-order valence-electron chi connectivity index (χ4n) is 4.65. The minimum absolute atomic E-state index is 0.00160. The van der Waals surface area contributed by atoms with Crippen molar-refractivity contribution in [1.82, 2.24) is 0 Å². The predicted molar refractivity (Wildman–Crippen MR) is 129 cm³/mol. The number of anilines is 1. The molecule has 6 heteroatoms. The number of aromatic carboxylic acids is 1. The number of nitrogens with zero attached hydrogens (tertiary/aromatic N) is 1. The molecule has 1 amide bonds. The van der Waals surface area contributed by atoms with Crippen LogP contribution in [0.2, 0.25) is 0 Å². The third-order valence-corrected chi connectivity index (χ3v) is 7.39. The molecule has 5 nitrogen and oxygen atoms in total. The lowest BCUT2D eigenvalue weighted by Gasteiger charge is -2.39. The van der Waals surface area contributed by atoms with Gasteiger partial charge in [0.25, 0.3) is 0 Å². The number of carboxylic acids is 1. The highest BCUT2D eigenvalue weighted by molar-refractivity contribution is 7.15. The number of hydrogen-bond acceptors (Lipinski definition) is 4. The lowest BCUT2D eigenvalue weighted by molar-refractivity contribution is -0.124. The van der Waals surface area contributed by atoms with Crippen LogP contribution in [-0.2, 0) is 4.79 Å². The highest BCUT2D eigenvalue weighted by atomic mass is 32.1. The molecule has 174 valence electrons. The van der Waals surface area contributed by atoms with Crippen molar-refractivity contribution in [2.45, 2.75) is 85.3 Å². The van der Waals surface area contributed by atoms with Crippen LogP contribution in [0.1, 0.15) is 87.7 Å². The number of hydrogen-bond donors (Lipinski definition) is 2. The fraction of sp³-hybridized carbons (Fsp3) is 0.615. The first-order valence-corrected chi connectivity index (χ1v) is 12.3. The molecule has 2 aliphatic rings. The molecular formula is C26H35NO4S. The Morgan fingerprint density at radius 3 is 2.41 bits per heavy atom. The van der Waals surface area contributed by atoms with Gasteiger partial charge in [0, 0.05) is 17.4 Å². The molecule has 0 saturated heterocycles. The highest BCUT2D eigenvalue weighted by Gasteiger charge is 2.38. The Kier molecular flexibility index (Phi) is 7.52. The van der Waals surface area contributed by atoms with Crippen LogP contribution in [0.5, 0.6) is 0 Å². The minimum atomic E-state index is -1.03. The van der Waals surface area contributed by atoms with Gasteiger partial charge in [-0.3, -0.25) is 4.79 Å². The lowest BCUT2D eigenvalue weighted by Crippen LogP contribution is -2.48. The van der Waals surface area contributed by atoms with E-state index in [2.05, 4.69) is 31.8 Å².